The number of unbranched alkanes of at least 4 members (excludes halogenated alkanes) is 1. The lowest BCUT2D eigenvalue weighted by Gasteiger charge is -2.15. The van der Waals surface area contributed by atoms with Crippen LogP contribution in [-0.4, -0.2) is 26.4 Å². The lowest BCUT2D eigenvalue weighted by Crippen LogP contribution is -2.36. The minimum absolute atomic E-state index is 0.0874. The van der Waals surface area contributed by atoms with Crippen molar-refractivity contribution in [1.29, 1.82) is 5.41 Å². The second-order valence-electron chi connectivity index (χ2n) is 7.10. The third-order valence-corrected chi connectivity index (χ3v) is 4.47. The Morgan fingerprint density at radius 1 is 1.33 bits per heavy atom. The van der Waals surface area contributed by atoms with Crippen LogP contribution in [0.3, 0.4) is 0 Å². The molecule has 3 heterocycles. The third-order valence-electron chi connectivity index (χ3n) is 4.47. The van der Waals surface area contributed by atoms with Crippen LogP contribution in [0.1, 0.15) is 44.0 Å². The Morgan fingerprint density at radius 2 is 2.11 bits per heavy atom. The summed E-state index contributed by atoms with van der Waals surface area (Å²) in [5, 5.41) is 11.7. The van der Waals surface area contributed by atoms with Crippen molar-refractivity contribution in [3.05, 3.63) is 51.9 Å². The van der Waals surface area contributed by atoms with Crippen LogP contribution in [0.15, 0.2) is 35.3 Å². The van der Waals surface area contributed by atoms with Crippen LogP contribution in [-0.2, 0) is 6.54 Å². The van der Waals surface area contributed by atoms with E-state index >= 15 is 0 Å². The maximum absolute atomic E-state index is 13.0. The highest BCUT2D eigenvalue weighted by atomic mass is 16.1. The second-order valence-corrected chi connectivity index (χ2v) is 7.10. The normalized spacial score (nSPS) is 11.4. The highest BCUT2D eigenvalue weighted by molar-refractivity contribution is 5.96. The molecular formula is C20H25N5O2. The summed E-state index contributed by atoms with van der Waals surface area (Å²) in [5.74, 6) is -0.0366. The smallest absolute Gasteiger partial charge is 0.267 e. The molecular weight excluding hydrogens is 342 g/mol. The number of aryl methyl sites for hydroxylation is 1. The summed E-state index contributed by atoms with van der Waals surface area (Å²) in [4.78, 5) is 30.2. The van der Waals surface area contributed by atoms with Crippen LogP contribution in [0.2, 0.25) is 0 Å². The van der Waals surface area contributed by atoms with E-state index in [0.29, 0.717) is 35.7 Å². The molecule has 1 amide bonds. The maximum atomic E-state index is 13.0. The van der Waals surface area contributed by atoms with E-state index in [1.807, 2.05) is 19.9 Å². The fourth-order valence-electron chi connectivity index (χ4n) is 2.99. The predicted molar refractivity (Wildman–Crippen MR) is 105 cm³/mol. The zero-order valence-corrected chi connectivity index (χ0v) is 16.0. The molecule has 2 N–H and O–H groups in total. The zero-order chi connectivity index (χ0) is 19.6. The van der Waals surface area contributed by atoms with Crippen LogP contribution >= 0.6 is 0 Å². The van der Waals surface area contributed by atoms with E-state index in [0.717, 1.165) is 12.8 Å². The van der Waals surface area contributed by atoms with Crippen LogP contribution in [0.4, 0.5) is 0 Å². The van der Waals surface area contributed by atoms with Crippen LogP contribution in [0.5, 0.6) is 0 Å². The van der Waals surface area contributed by atoms with Gasteiger partial charge < -0.3 is 9.88 Å². The SMILES string of the molecule is CCCCn1c(=N)c(C(=O)NCC(C)C)cc2c(=O)n3ccccc3nc21. The van der Waals surface area contributed by atoms with E-state index < -0.39 is 0 Å². The Labute approximate surface area is 157 Å². The highest BCUT2D eigenvalue weighted by Gasteiger charge is 2.17. The van der Waals surface area contributed by atoms with Crippen LogP contribution in [0, 0.1) is 11.3 Å². The molecule has 142 valence electrons. The minimum atomic E-state index is -0.335. The average molecular weight is 367 g/mol. The van der Waals surface area contributed by atoms with E-state index in [1.165, 1.54) is 10.5 Å². The van der Waals surface area contributed by atoms with Gasteiger partial charge in [0.05, 0.1) is 10.9 Å². The number of rotatable bonds is 6. The summed E-state index contributed by atoms with van der Waals surface area (Å²) in [5.41, 5.74) is 1.03. The molecule has 7 heteroatoms. The molecule has 0 spiro atoms. The molecule has 0 bridgehead atoms. The standard InChI is InChI=1S/C20H25N5O2/c1-4-5-9-25-17(21)14(19(26)22-12-13(2)3)11-15-18(25)23-16-8-6-7-10-24(16)20(15)27/h6-8,10-11,13,21H,4-5,9,12H2,1-3H3,(H,22,26). The highest BCUT2D eigenvalue weighted by Crippen LogP contribution is 2.11. The first-order chi connectivity index (χ1) is 12.9. The maximum Gasteiger partial charge on any atom is 0.267 e. The van der Waals surface area contributed by atoms with Gasteiger partial charge in [0.1, 0.15) is 16.8 Å². The molecule has 0 radical (unpaired) electrons. The fraction of sp³-hybridized carbons (Fsp3) is 0.400. The van der Waals surface area contributed by atoms with Crippen molar-refractivity contribution in [1.82, 2.24) is 19.3 Å². The molecule has 0 aromatic carbocycles. The van der Waals surface area contributed by atoms with Gasteiger partial charge in [0, 0.05) is 19.3 Å². The molecule has 0 saturated carbocycles. The molecule has 3 rings (SSSR count). The Hall–Kier alpha value is -2.96. The van der Waals surface area contributed by atoms with Crippen molar-refractivity contribution in [3.63, 3.8) is 0 Å². The Kier molecular flexibility index (Phi) is 5.39. The predicted octanol–water partition coefficient (Wildman–Crippen LogP) is 2.31. The van der Waals surface area contributed by atoms with Crippen molar-refractivity contribution in [3.8, 4) is 0 Å². The molecule has 0 aliphatic carbocycles. The van der Waals surface area contributed by atoms with Crippen molar-refractivity contribution in [2.24, 2.45) is 5.92 Å². The minimum Gasteiger partial charge on any atom is -0.352 e. The summed E-state index contributed by atoms with van der Waals surface area (Å²) in [6, 6.07) is 6.85. The van der Waals surface area contributed by atoms with Crippen molar-refractivity contribution in [2.75, 3.05) is 6.54 Å². The summed E-state index contributed by atoms with van der Waals surface area (Å²) in [7, 11) is 0. The topological polar surface area (TPSA) is 92.2 Å². The number of fused-ring (bicyclic) bond motifs is 2. The second kappa shape index (κ2) is 7.73. The lowest BCUT2D eigenvalue weighted by atomic mass is 10.1. The largest absolute Gasteiger partial charge is 0.352 e. The number of nitrogens with one attached hydrogen (secondary N) is 2. The van der Waals surface area contributed by atoms with E-state index in [2.05, 4.69) is 17.2 Å². The van der Waals surface area contributed by atoms with E-state index in [4.69, 9.17) is 5.41 Å². The molecule has 0 fully saturated rings. The molecule has 3 aromatic rings. The van der Waals surface area contributed by atoms with Crippen molar-refractivity contribution < 1.29 is 4.79 Å². The molecule has 0 aliphatic heterocycles. The van der Waals surface area contributed by atoms with Gasteiger partial charge in [-0.15, -0.1) is 0 Å². The lowest BCUT2D eigenvalue weighted by molar-refractivity contribution is 0.0946. The van der Waals surface area contributed by atoms with Gasteiger partial charge in [-0.05, 0) is 30.5 Å². The van der Waals surface area contributed by atoms with Gasteiger partial charge in [0.25, 0.3) is 11.5 Å². The summed E-state index contributed by atoms with van der Waals surface area (Å²) in [6.45, 7) is 7.12. The van der Waals surface area contributed by atoms with E-state index in [1.54, 1.807) is 22.9 Å². The first-order valence-electron chi connectivity index (χ1n) is 9.31. The molecule has 0 unspecified atom stereocenters. The number of amides is 1. The number of pyridine rings is 2. The molecule has 3 aromatic heterocycles. The fourth-order valence-corrected chi connectivity index (χ4v) is 2.99. The van der Waals surface area contributed by atoms with Crippen LogP contribution < -0.4 is 16.4 Å². The van der Waals surface area contributed by atoms with Gasteiger partial charge in [-0.25, -0.2) is 4.98 Å². The first-order valence-corrected chi connectivity index (χ1v) is 9.31. The van der Waals surface area contributed by atoms with Gasteiger partial charge in [-0.1, -0.05) is 33.3 Å². The molecule has 0 atom stereocenters. The first kappa shape index (κ1) is 18.8. The Balaban J connectivity index is 2.28. The van der Waals surface area contributed by atoms with Gasteiger partial charge in [0.2, 0.25) is 0 Å². The van der Waals surface area contributed by atoms with E-state index in [-0.39, 0.29) is 22.5 Å². The molecule has 7 nitrogen and oxygen atoms in total. The van der Waals surface area contributed by atoms with E-state index in [9.17, 15) is 9.59 Å². The van der Waals surface area contributed by atoms with Gasteiger partial charge in [0.15, 0.2) is 0 Å². The number of nitrogens with zero attached hydrogens (tertiary/aromatic N) is 3. The van der Waals surface area contributed by atoms with Crippen molar-refractivity contribution in [2.45, 2.75) is 40.2 Å². The number of carbonyl (C=O) groups is 1. The number of hydrogen-bond acceptors (Lipinski definition) is 4. The third kappa shape index (κ3) is 3.63. The summed E-state index contributed by atoms with van der Waals surface area (Å²) < 4.78 is 3.14. The van der Waals surface area contributed by atoms with Gasteiger partial charge >= 0.3 is 0 Å². The molecule has 0 aliphatic rings. The Bertz CT molecular complexity index is 1110. The Morgan fingerprint density at radius 3 is 2.81 bits per heavy atom. The molecule has 27 heavy (non-hydrogen) atoms. The molecule has 0 saturated heterocycles. The zero-order valence-electron chi connectivity index (χ0n) is 16.0. The quantitative estimate of drug-likeness (QED) is 0.655. The summed E-state index contributed by atoms with van der Waals surface area (Å²) >= 11 is 0. The average Bonchev–Trinajstić information content (AvgIpc) is 2.65. The van der Waals surface area contributed by atoms with Crippen LogP contribution in [0.25, 0.3) is 16.7 Å². The number of carbonyl (C=O) groups excluding carboxylic acids is 1. The van der Waals surface area contributed by atoms with Gasteiger partial charge in [-0.3, -0.25) is 19.4 Å². The number of hydrogen-bond donors (Lipinski definition) is 2. The monoisotopic (exact) mass is 367 g/mol. The number of aromatic nitrogens is 3. The van der Waals surface area contributed by atoms with Gasteiger partial charge in [-0.2, -0.15) is 0 Å². The summed E-state index contributed by atoms with van der Waals surface area (Å²) in [6.07, 6.45) is 3.43. The van der Waals surface area contributed by atoms with Crippen molar-refractivity contribution >= 4 is 22.6 Å².